The van der Waals surface area contributed by atoms with Crippen LogP contribution in [0.2, 0.25) is 0 Å². The standard InChI is InChI=1S/C15H25N3S/c1-10-11(2)17-15(18-12(10)3)19-9-14(16)13-7-5-4-6-8-13/h13-14H,4-9,16H2,1-3H3. The van der Waals surface area contributed by atoms with Gasteiger partial charge in [-0.15, -0.1) is 0 Å². The van der Waals surface area contributed by atoms with Gasteiger partial charge in [-0.1, -0.05) is 31.0 Å². The number of hydrogen-bond acceptors (Lipinski definition) is 4. The topological polar surface area (TPSA) is 51.8 Å². The van der Waals surface area contributed by atoms with Gasteiger partial charge in [0.25, 0.3) is 0 Å². The highest BCUT2D eigenvalue weighted by atomic mass is 32.2. The van der Waals surface area contributed by atoms with Crippen LogP contribution in [-0.2, 0) is 0 Å². The molecule has 2 N–H and O–H groups in total. The number of thioether (sulfide) groups is 1. The van der Waals surface area contributed by atoms with E-state index >= 15 is 0 Å². The van der Waals surface area contributed by atoms with Crippen molar-refractivity contribution >= 4 is 11.8 Å². The van der Waals surface area contributed by atoms with E-state index in [-0.39, 0.29) is 6.04 Å². The second kappa shape index (κ2) is 6.71. The Morgan fingerprint density at radius 2 is 1.68 bits per heavy atom. The molecule has 0 aromatic carbocycles. The quantitative estimate of drug-likeness (QED) is 0.678. The molecule has 0 saturated heterocycles. The minimum Gasteiger partial charge on any atom is -0.327 e. The van der Waals surface area contributed by atoms with Gasteiger partial charge in [-0.05, 0) is 45.1 Å². The molecule has 0 aliphatic heterocycles. The van der Waals surface area contributed by atoms with E-state index < -0.39 is 0 Å². The normalized spacial score (nSPS) is 18.5. The Balaban J connectivity index is 1.91. The van der Waals surface area contributed by atoms with Gasteiger partial charge >= 0.3 is 0 Å². The van der Waals surface area contributed by atoms with Crippen molar-refractivity contribution in [1.29, 1.82) is 0 Å². The predicted octanol–water partition coefficient (Wildman–Crippen LogP) is 3.40. The van der Waals surface area contributed by atoms with Crippen molar-refractivity contribution in [3.05, 3.63) is 17.0 Å². The summed E-state index contributed by atoms with van der Waals surface area (Å²) in [6, 6.07) is 0.288. The van der Waals surface area contributed by atoms with Gasteiger partial charge in [0, 0.05) is 23.2 Å². The molecular weight excluding hydrogens is 254 g/mol. The summed E-state index contributed by atoms with van der Waals surface area (Å²) < 4.78 is 0. The lowest BCUT2D eigenvalue weighted by Crippen LogP contribution is -2.33. The van der Waals surface area contributed by atoms with E-state index in [0.717, 1.165) is 22.3 Å². The molecule has 19 heavy (non-hydrogen) atoms. The van der Waals surface area contributed by atoms with Crippen molar-refractivity contribution in [3.63, 3.8) is 0 Å². The molecule has 106 valence electrons. The fourth-order valence-electron chi connectivity index (χ4n) is 2.68. The summed E-state index contributed by atoms with van der Waals surface area (Å²) in [7, 11) is 0. The predicted molar refractivity (Wildman–Crippen MR) is 81.5 cm³/mol. The Bertz CT molecular complexity index is 404. The van der Waals surface area contributed by atoms with Gasteiger partial charge in [0.1, 0.15) is 0 Å². The third-order valence-electron chi connectivity index (χ3n) is 4.27. The Morgan fingerprint density at radius 1 is 1.11 bits per heavy atom. The monoisotopic (exact) mass is 279 g/mol. The first-order valence-electron chi connectivity index (χ1n) is 7.28. The molecule has 1 heterocycles. The SMILES string of the molecule is Cc1nc(SCC(N)C2CCCCC2)nc(C)c1C. The van der Waals surface area contributed by atoms with Crippen molar-refractivity contribution < 1.29 is 0 Å². The van der Waals surface area contributed by atoms with Crippen LogP contribution in [0.3, 0.4) is 0 Å². The minimum atomic E-state index is 0.288. The van der Waals surface area contributed by atoms with Gasteiger partial charge < -0.3 is 5.73 Å². The summed E-state index contributed by atoms with van der Waals surface area (Å²) in [5.74, 6) is 1.64. The molecule has 1 atom stereocenters. The molecule has 0 radical (unpaired) electrons. The largest absolute Gasteiger partial charge is 0.327 e. The molecule has 1 saturated carbocycles. The van der Waals surface area contributed by atoms with E-state index in [4.69, 9.17) is 5.73 Å². The summed E-state index contributed by atoms with van der Waals surface area (Å²) in [6.45, 7) is 6.18. The average Bonchev–Trinajstić information content (AvgIpc) is 2.43. The lowest BCUT2D eigenvalue weighted by Gasteiger charge is -2.27. The van der Waals surface area contributed by atoms with Gasteiger partial charge in [-0.2, -0.15) is 0 Å². The number of nitrogens with two attached hydrogens (primary N) is 1. The van der Waals surface area contributed by atoms with Crippen LogP contribution in [0.5, 0.6) is 0 Å². The van der Waals surface area contributed by atoms with E-state index in [9.17, 15) is 0 Å². The van der Waals surface area contributed by atoms with Crippen LogP contribution in [0.4, 0.5) is 0 Å². The van der Waals surface area contributed by atoms with E-state index in [1.54, 1.807) is 11.8 Å². The van der Waals surface area contributed by atoms with Crippen LogP contribution in [-0.4, -0.2) is 21.8 Å². The molecule has 1 aromatic rings. The van der Waals surface area contributed by atoms with E-state index in [1.165, 1.54) is 37.7 Å². The molecule has 0 bridgehead atoms. The van der Waals surface area contributed by atoms with Crippen molar-refractivity contribution in [1.82, 2.24) is 9.97 Å². The van der Waals surface area contributed by atoms with E-state index in [1.807, 2.05) is 0 Å². The van der Waals surface area contributed by atoms with Crippen LogP contribution < -0.4 is 5.73 Å². The first-order chi connectivity index (χ1) is 9.08. The molecule has 0 spiro atoms. The average molecular weight is 279 g/mol. The highest BCUT2D eigenvalue weighted by molar-refractivity contribution is 7.99. The molecule has 1 fully saturated rings. The van der Waals surface area contributed by atoms with Gasteiger partial charge in [0.15, 0.2) is 5.16 Å². The molecule has 0 amide bonds. The van der Waals surface area contributed by atoms with Gasteiger partial charge in [-0.3, -0.25) is 0 Å². The molecule has 2 rings (SSSR count). The molecule has 1 unspecified atom stereocenters. The zero-order valence-corrected chi connectivity index (χ0v) is 13.1. The van der Waals surface area contributed by atoms with Gasteiger partial charge in [0.05, 0.1) is 0 Å². The minimum absolute atomic E-state index is 0.288. The third kappa shape index (κ3) is 3.93. The Kier molecular flexibility index (Phi) is 5.22. The fourth-order valence-corrected chi connectivity index (χ4v) is 3.69. The van der Waals surface area contributed by atoms with E-state index in [0.29, 0.717) is 5.92 Å². The molecule has 1 aliphatic carbocycles. The molecule has 3 nitrogen and oxygen atoms in total. The van der Waals surface area contributed by atoms with Crippen LogP contribution in [0, 0.1) is 26.7 Å². The second-order valence-corrected chi connectivity index (χ2v) is 6.66. The van der Waals surface area contributed by atoms with Crippen LogP contribution in [0.1, 0.15) is 49.1 Å². The zero-order chi connectivity index (χ0) is 13.8. The van der Waals surface area contributed by atoms with Crippen molar-refractivity contribution in [2.75, 3.05) is 5.75 Å². The van der Waals surface area contributed by atoms with Gasteiger partial charge in [-0.25, -0.2) is 9.97 Å². The first-order valence-corrected chi connectivity index (χ1v) is 8.26. The first kappa shape index (κ1) is 14.8. The lowest BCUT2D eigenvalue weighted by molar-refractivity contribution is 0.319. The highest BCUT2D eigenvalue weighted by Gasteiger charge is 2.21. The summed E-state index contributed by atoms with van der Waals surface area (Å²) in [5, 5.41) is 0.881. The smallest absolute Gasteiger partial charge is 0.188 e. The van der Waals surface area contributed by atoms with Crippen LogP contribution >= 0.6 is 11.8 Å². The summed E-state index contributed by atoms with van der Waals surface area (Å²) in [5.41, 5.74) is 9.69. The number of aryl methyl sites for hydroxylation is 2. The Labute approximate surface area is 120 Å². The number of hydrogen-bond donors (Lipinski definition) is 1. The van der Waals surface area contributed by atoms with Crippen LogP contribution in [0.15, 0.2) is 5.16 Å². The Morgan fingerprint density at radius 3 is 2.26 bits per heavy atom. The van der Waals surface area contributed by atoms with E-state index in [2.05, 4.69) is 30.7 Å². The molecular formula is C15H25N3S. The maximum absolute atomic E-state index is 6.33. The van der Waals surface area contributed by atoms with Gasteiger partial charge in [0.2, 0.25) is 0 Å². The lowest BCUT2D eigenvalue weighted by atomic mass is 9.85. The highest BCUT2D eigenvalue weighted by Crippen LogP contribution is 2.28. The Hall–Kier alpha value is -0.610. The molecule has 1 aromatic heterocycles. The maximum Gasteiger partial charge on any atom is 0.188 e. The fraction of sp³-hybridized carbons (Fsp3) is 0.733. The summed E-state index contributed by atoms with van der Waals surface area (Å²) >= 11 is 1.71. The molecule has 4 heteroatoms. The number of aromatic nitrogens is 2. The third-order valence-corrected chi connectivity index (χ3v) is 5.26. The zero-order valence-electron chi connectivity index (χ0n) is 12.3. The van der Waals surface area contributed by atoms with Crippen molar-refractivity contribution in [2.45, 2.75) is 64.1 Å². The number of rotatable bonds is 4. The number of nitrogens with zero attached hydrogens (tertiary/aromatic N) is 2. The van der Waals surface area contributed by atoms with Crippen molar-refractivity contribution in [2.24, 2.45) is 11.7 Å². The van der Waals surface area contributed by atoms with Crippen molar-refractivity contribution in [3.8, 4) is 0 Å². The second-order valence-electron chi connectivity index (χ2n) is 5.67. The maximum atomic E-state index is 6.33. The molecule has 1 aliphatic rings. The van der Waals surface area contributed by atoms with Crippen LogP contribution in [0.25, 0.3) is 0 Å². The summed E-state index contributed by atoms with van der Waals surface area (Å²) in [4.78, 5) is 9.09. The summed E-state index contributed by atoms with van der Waals surface area (Å²) in [6.07, 6.45) is 6.68.